The SMILES string of the molecule is CCNC(=NCc1oc2ccc(F)cc2c1C)NC1CCN(C2CC2)CC1.I. The average molecular weight is 500 g/mol. The van der Waals surface area contributed by atoms with Crippen LogP contribution >= 0.6 is 24.0 Å². The van der Waals surface area contributed by atoms with Gasteiger partial charge >= 0.3 is 0 Å². The molecule has 2 aromatic rings. The van der Waals surface area contributed by atoms with E-state index in [-0.39, 0.29) is 29.8 Å². The van der Waals surface area contributed by atoms with E-state index in [1.165, 1.54) is 38.1 Å². The normalized spacial score (nSPS) is 18.9. The second kappa shape index (κ2) is 9.43. The number of rotatable bonds is 5. The smallest absolute Gasteiger partial charge is 0.191 e. The van der Waals surface area contributed by atoms with Gasteiger partial charge in [0.15, 0.2) is 5.96 Å². The highest BCUT2D eigenvalue weighted by Crippen LogP contribution is 2.29. The molecule has 0 spiro atoms. The van der Waals surface area contributed by atoms with Gasteiger partial charge in [-0.1, -0.05) is 0 Å². The van der Waals surface area contributed by atoms with Crippen LogP contribution in [-0.4, -0.2) is 42.6 Å². The monoisotopic (exact) mass is 500 g/mol. The van der Waals surface area contributed by atoms with Crippen molar-refractivity contribution in [3.05, 3.63) is 35.3 Å². The molecule has 0 unspecified atom stereocenters. The number of fused-ring (bicyclic) bond motifs is 1. The Morgan fingerprint density at radius 2 is 2.00 bits per heavy atom. The van der Waals surface area contributed by atoms with Crippen LogP contribution in [0.15, 0.2) is 27.6 Å². The highest BCUT2D eigenvalue weighted by molar-refractivity contribution is 14.0. The summed E-state index contributed by atoms with van der Waals surface area (Å²) in [5.74, 6) is 1.37. The Hall–Kier alpha value is -1.35. The van der Waals surface area contributed by atoms with Gasteiger partial charge in [0, 0.05) is 42.7 Å². The molecule has 154 valence electrons. The number of aliphatic imine (C=N–C) groups is 1. The Labute approximate surface area is 183 Å². The number of piperidine rings is 1. The molecule has 2 heterocycles. The van der Waals surface area contributed by atoms with Crippen molar-refractivity contribution < 1.29 is 8.81 Å². The Bertz CT molecular complexity index is 825. The molecule has 5 nitrogen and oxygen atoms in total. The molecule has 28 heavy (non-hydrogen) atoms. The fraction of sp³-hybridized carbons (Fsp3) is 0.571. The van der Waals surface area contributed by atoms with Crippen molar-refractivity contribution >= 4 is 40.9 Å². The predicted molar refractivity (Wildman–Crippen MR) is 122 cm³/mol. The number of guanidine groups is 1. The fourth-order valence-corrected chi connectivity index (χ4v) is 3.91. The van der Waals surface area contributed by atoms with Crippen molar-refractivity contribution in [2.24, 2.45) is 4.99 Å². The van der Waals surface area contributed by atoms with Gasteiger partial charge in [-0.3, -0.25) is 0 Å². The molecular weight excluding hydrogens is 470 g/mol. The highest BCUT2D eigenvalue weighted by Gasteiger charge is 2.31. The standard InChI is InChI=1S/C21H29FN4O.HI/c1-3-23-21(25-16-8-10-26(11-9-16)17-5-6-17)24-13-20-14(2)18-12-15(22)4-7-19(18)27-20;/h4,7,12,16-17H,3,5-6,8-11,13H2,1-2H3,(H2,23,24,25);1H. The maximum Gasteiger partial charge on any atom is 0.191 e. The molecule has 1 aliphatic carbocycles. The molecule has 2 N–H and O–H groups in total. The maximum atomic E-state index is 13.5. The molecule has 7 heteroatoms. The highest BCUT2D eigenvalue weighted by atomic mass is 127. The first-order valence-electron chi connectivity index (χ1n) is 10.1. The van der Waals surface area contributed by atoms with Crippen molar-refractivity contribution in [3.8, 4) is 0 Å². The number of nitrogens with one attached hydrogen (secondary N) is 2. The van der Waals surface area contributed by atoms with E-state index in [2.05, 4.69) is 22.5 Å². The van der Waals surface area contributed by atoms with Crippen molar-refractivity contribution in [2.75, 3.05) is 19.6 Å². The zero-order valence-corrected chi connectivity index (χ0v) is 19.0. The van der Waals surface area contributed by atoms with Gasteiger partial charge in [-0.05, 0) is 57.7 Å². The molecule has 2 fully saturated rings. The van der Waals surface area contributed by atoms with Gasteiger partial charge in [0.05, 0.1) is 0 Å². The second-order valence-corrected chi connectivity index (χ2v) is 7.67. The lowest BCUT2D eigenvalue weighted by Gasteiger charge is -2.33. The van der Waals surface area contributed by atoms with Gasteiger partial charge in [-0.15, -0.1) is 24.0 Å². The third kappa shape index (κ3) is 4.97. The Morgan fingerprint density at radius 3 is 2.68 bits per heavy atom. The number of likely N-dealkylation sites (tertiary alicyclic amines) is 1. The molecule has 2 aliphatic rings. The van der Waals surface area contributed by atoms with Crippen LogP contribution in [-0.2, 0) is 6.54 Å². The van der Waals surface area contributed by atoms with Crippen molar-refractivity contribution in [1.29, 1.82) is 0 Å². The fourth-order valence-electron chi connectivity index (χ4n) is 3.91. The lowest BCUT2D eigenvalue weighted by Crippen LogP contribution is -2.49. The number of halogens is 2. The molecule has 0 bridgehead atoms. The van der Waals surface area contributed by atoms with Crippen LogP contribution in [0, 0.1) is 12.7 Å². The minimum atomic E-state index is -0.242. The third-order valence-electron chi connectivity index (χ3n) is 5.66. The molecule has 0 radical (unpaired) electrons. The number of benzene rings is 1. The molecule has 1 saturated heterocycles. The van der Waals surface area contributed by atoms with E-state index in [4.69, 9.17) is 9.41 Å². The van der Waals surface area contributed by atoms with E-state index in [1.54, 1.807) is 6.07 Å². The van der Waals surface area contributed by atoms with E-state index in [0.29, 0.717) is 18.2 Å². The zero-order chi connectivity index (χ0) is 18.8. The quantitative estimate of drug-likeness (QED) is 0.368. The van der Waals surface area contributed by atoms with Gasteiger partial charge in [0.2, 0.25) is 0 Å². The summed E-state index contributed by atoms with van der Waals surface area (Å²) >= 11 is 0. The summed E-state index contributed by atoms with van der Waals surface area (Å²) in [5, 5.41) is 7.74. The summed E-state index contributed by atoms with van der Waals surface area (Å²) in [6.45, 7) is 7.65. The Kier molecular flexibility index (Phi) is 7.20. The van der Waals surface area contributed by atoms with Crippen LogP contribution in [0.25, 0.3) is 11.0 Å². The number of nitrogens with zero attached hydrogens (tertiary/aromatic N) is 2. The predicted octanol–water partition coefficient (Wildman–Crippen LogP) is 4.18. The van der Waals surface area contributed by atoms with Crippen LogP contribution < -0.4 is 10.6 Å². The number of hydrogen-bond donors (Lipinski definition) is 2. The lowest BCUT2D eigenvalue weighted by molar-refractivity contribution is 0.197. The van der Waals surface area contributed by atoms with Gasteiger partial charge < -0.3 is 20.0 Å². The van der Waals surface area contributed by atoms with Crippen LogP contribution in [0.1, 0.15) is 43.9 Å². The molecule has 1 aromatic heterocycles. The van der Waals surface area contributed by atoms with E-state index in [1.807, 2.05) is 6.92 Å². The molecule has 1 aromatic carbocycles. The topological polar surface area (TPSA) is 52.8 Å². The number of aryl methyl sites for hydroxylation is 1. The third-order valence-corrected chi connectivity index (χ3v) is 5.66. The summed E-state index contributed by atoms with van der Waals surface area (Å²) in [7, 11) is 0. The molecule has 1 saturated carbocycles. The van der Waals surface area contributed by atoms with E-state index < -0.39 is 0 Å². The van der Waals surface area contributed by atoms with E-state index in [0.717, 1.165) is 48.1 Å². The van der Waals surface area contributed by atoms with Gasteiger partial charge in [-0.25, -0.2) is 9.38 Å². The van der Waals surface area contributed by atoms with Crippen molar-refractivity contribution in [3.63, 3.8) is 0 Å². The minimum absolute atomic E-state index is 0. The minimum Gasteiger partial charge on any atom is -0.459 e. The molecule has 0 amide bonds. The Morgan fingerprint density at radius 1 is 1.25 bits per heavy atom. The first-order chi connectivity index (χ1) is 13.1. The molecule has 0 atom stereocenters. The number of furan rings is 1. The van der Waals surface area contributed by atoms with Crippen LogP contribution in [0.5, 0.6) is 0 Å². The van der Waals surface area contributed by atoms with Crippen LogP contribution in [0.4, 0.5) is 4.39 Å². The van der Waals surface area contributed by atoms with Gasteiger partial charge in [0.25, 0.3) is 0 Å². The molecular formula is C21H30FIN4O. The Balaban J connectivity index is 0.00000225. The molecule has 1 aliphatic heterocycles. The summed E-state index contributed by atoms with van der Waals surface area (Å²) < 4.78 is 19.4. The van der Waals surface area contributed by atoms with Crippen LogP contribution in [0.2, 0.25) is 0 Å². The number of hydrogen-bond acceptors (Lipinski definition) is 3. The lowest BCUT2D eigenvalue weighted by atomic mass is 10.1. The summed E-state index contributed by atoms with van der Waals surface area (Å²) in [4.78, 5) is 7.34. The van der Waals surface area contributed by atoms with Crippen molar-refractivity contribution in [2.45, 2.75) is 58.2 Å². The van der Waals surface area contributed by atoms with E-state index in [9.17, 15) is 4.39 Å². The van der Waals surface area contributed by atoms with E-state index >= 15 is 0 Å². The summed E-state index contributed by atoms with van der Waals surface area (Å²) in [6.07, 6.45) is 5.07. The maximum absolute atomic E-state index is 13.5. The second-order valence-electron chi connectivity index (χ2n) is 7.67. The van der Waals surface area contributed by atoms with Crippen LogP contribution in [0.3, 0.4) is 0 Å². The summed E-state index contributed by atoms with van der Waals surface area (Å²) in [5.41, 5.74) is 1.67. The molecule has 4 rings (SSSR count). The van der Waals surface area contributed by atoms with Crippen molar-refractivity contribution in [1.82, 2.24) is 15.5 Å². The first kappa shape index (κ1) is 21.4. The average Bonchev–Trinajstić information content (AvgIpc) is 3.47. The zero-order valence-electron chi connectivity index (χ0n) is 16.6. The largest absolute Gasteiger partial charge is 0.459 e. The summed E-state index contributed by atoms with van der Waals surface area (Å²) in [6, 6.07) is 5.95. The van der Waals surface area contributed by atoms with Gasteiger partial charge in [0.1, 0.15) is 23.7 Å². The first-order valence-corrected chi connectivity index (χ1v) is 10.1. The van der Waals surface area contributed by atoms with Gasteiger partial charge in [-0.2, -0.15) is 0 Å².